The van der Waals surface area contributed by atoms with Crippen LogP contribution < -0.4 is 10.6 Å². The predicted octanol–water partition coefficient (Wildman–Crippen LogP) is 1.33. The number of likely N-dealkylation sites (tertiary alicyclic amines) is 1. The van der Waals surface area contributed by atoms with Crippen molar-refractivity contribution in [1.82, 2.24) is 15.5 Å². The third kappa shape index (κ3) is 4.86. The highest BCUT2D eigenvalue weighted by Crippen LogP contribution is 2.20. The largest absolute Gasteiger partial charge is 0.507 e. The molecular weight excluding hydrogens is 310 g/mol. The second-order valence-corrected chi connectivity index (χ2v) is 6.06. The molecular formula is C17H25N3O4. The first-order valence-corrected chi connectivity index (χ1v) is 8.14. The molecule has 1 fully saturated rings. The average molecular weight is 335 g/mol. The van der Waals surface area contributed by atoms with Crippen molar-refractivity contribution in [2.75, 3.05) is 26.8 Å². The zero-order valence-electron chi connectivity index (χ0n) is 14.1. The Labute approximate surface area is 142 Å². The van der Waals surface area contributed by atoms with E-state index in [1.165, 1.54) is 6.07 Å². The number of hydrogen-bond donors (Lipinski definition) is 3. The number of amides is 3. The molecule has 132 valence electrons. The van der Waals surface area contributed by atoms with Crippen LogP contribution in [0.3, 0.4) is 0 Å². The molecule has 24 heavy (non-hydrogen) atoms. The molecule has 2 rings (SSSR count). The van der Waals surface area contributed by atoms with E-state index >= 15 is 0 Å². The van der Waals surface area contributed by atoms with Gasteiger partial charge in [-0.1, -0.05) is 12.1 Å². The minimum atomic E-state index is -0.218. The predicted molar refractivity (Wildman–Crippen MR) is 90.0 cm³/mol. The van der Waals surface area contributed by atoms with Gasteiger partial charge in [-0.25, -0.2) is 4.79 Å². The first kappa shape index (κ1) is 18.1. The van der Waals surface area contributed by atoms with Crippen molar-refractivity contribution in [3.05, 3.63) is 29.8 Å². The fourth-order valence-corrected chi connectivity index (χ4v) is 2.79. The average Bonchev–Trinajstić information content (AvgIpc) is 2.55. The minimum Gasteiger partial charge on any atom is -0.507 e. The van der Waals surface area contributed by atoms with E-state index in [0.717, 1.165) is 0 Å². The van der Waals surface area contributed by atoms with Gasteiger partial charge in [0, 0.05) is 26.2 Å². The third-order valence-electron chi connectivity index (χ3n) is 4.05. The quantitative estimate of drug-likeness (QED) is 0.757. The summed E-state index contributed by atoms with van der Waals surface area (Å²) in [7, 11) is 1.59. The van der Waals surface area contributed by atoms with E-state index in [4.69, 9.17) is 4.74 Å². The summed E-state index contributed by atoms with van der Waals surface area (Å²) >= 11 is 0. The fourth-order valence-electron chi connectivity index (χ4n) is 2.79. The Hall–Kier alpha value is -2.28. The molecule has 0 bridgehead atoms. The molecule has 1 atom stereocenters. The Kier molecular flexibility index (Phi) is 6.43. The lowest BCUT2D eigenvalue weighted by atomic mass is 10.0. The van der Waals surface area contributed by atoms with E-state index < -0.39 is 0 Å². The Morgan fingerprint density at radius 3 is 2.62 bits per heavy atom. The number of para-hydroxylation sites is 1. The molecule has 7 nitrogen and oxygen atoms in total. The van der Waals surface area contributed by atoms with E-state index in [9.17, 15) is 14.7 Å². The van der Waals surface area contributed by atoms with Gasteiger partial charge in [0.05, 0.1) is 18.2 Å². The van der Waals surface area contributed by atoms with Gasteiger partial charge >= 0.3 is 6.03 Å². The number of piperidine rings is 1. The van der Waals surface area contributed by atoms with E-state index in [1.54, 1.807) is 30.2 Å². The number of hydrogen-bond acceptors (Lipinski definition) is 4. The number of ether oxygens (including phenoxy) is 1. The summed E-state index contributed by atoms with van der Waals surface area (Å²) in [5.74, 6) is -0.182. The zero-order valence-corrected chi connectivity index (χ0v) is 14.1. The highest BCUT2D eigenvalue weighted by molar-refractivity contribution is 5.96. The minimum absolute atomic E-state index is 0.00532. The summed E-state index contributed by atoms with van der Waals surface area (Å²) in [5.41, 5.74) is 0.315. The van der Waals surface area contributed by atoms with Crippen LogP contribution in [0.4, 0.5) is 4.79 Å². The molecule has 1 aliphatic rings. The summed E-state index contributed by atoms with van der Waals surface area (Å²) in [5, 5.41) is 15.5. The van der Waals surface area contributed by atoms with Crippen LogP contribution in [0.5, 0.6) is 5.75 Å². The van der Waals surface area contributed by atoms with Gasteiger partial charge in [-0.3, -0.25) is 4.79 Å². The smallest absolute Gasteiger partial charge is 0.315 e. The van der Waals surface area contributed by atoms with Crippen molar-refractivity contribution in [2.24, 2.45) is 0 Å². The number of rotatable bonds is 5. The highest BCUT2D eigenvalue weighted by Gasteiger charge is 2.26. The first-order valence-electron chi connectivity index (χ1n) is 8.14. The topological polar surface area (TPSA) is 90.9 Å². The van der Waals surface area contributed by atoms with E-state index in [0.29, 0.717) is 38.1 Å². The SMILES string of the molecule is COC[C@H](C)NC(=O)NC1CCN(C(=O)c2ccccc2O)CC1. The zero-order chi connectivity index (χ0) is 17.5. The van der Waals surface area contributed by atoms with Crippen LogP contribution in [0.1, 0.15) is 30.1 Å². The molecule has 1 aliphatic heterocycles. The molecule has 0 spiro atoms. The van der Waals surface area contributed by atoms with Crippen molar-refractivity contribution in [2.45, 2.75) is 31.8 Å². The molecule has 0 aromatic heterocycles. The number of benzene rings is 1. The van der Waals surface area contributed by atoms with Crippen LogP contribution in [0.2, 0.25) is 0 Å². The van der Waals surface area contributed by atoms with Gasteiger partial charge in [0.2, 0.25) is 0 Å². The number of nitrogens with zero attached hydrogens (tertiary/aromatic N) is 1. The number of phenolic OH excluding ortho intramolecular Hbond substituents is 1. The molecule has 0 saturated carbocycles. The van der Waals surface area contributed by atoms with Crippen LogP contribution in [0, 0.1) is 0 Å². The van der Waals surface area contributed by atoms with Crippen LogP contribution in [-0.4, -0.2) is 60.8 Å². The van der Waals surface area contributed by atoms with E-state index in [2.05, 4.69) is 10.6 Å². The van der Waals surface area contributed by atoms with Gasteiger partial charge < -0.3 is 25.4 Å². The van der Waals surface area contributed by atoms with Crippen molar-refractivity contribution in [3.63, 3.8) is 0 Å². The number of carbonyl (C=O) groups is 2. The first-order chi connectivity index (χ1) is 11.5. The summed E-state index contributed by atoms with van der Waals surface area (Å²) in [4.78, 5) is 26.0. The van der Waals surface area contributed by atoms with Gasteiger partial charge in [0.1, 0.15) is 5.75 Å². The molecule has 3 N–H and O–H groups in total. The van der Waals surface area contributed by atoms with Gasteiger partial charge in [0.25, 0.3) is 5.91 Å². The fraction of sp³-hybridized carbons (Fsp3) is 0.529. The van der Waals surface area contributed by atoms with Crippen molar-refractivity contribution >= 4 is 11.9 Å². The lowest BCUT2D eigenvalue weighted by Crippen LogP contribution is -2.51. The normalized spacial score (nSPS) is 16.5. The maximum absolute atomic E-state index is 12.4. The number of urea groups is 1. The molecule has 1 aromatic carbocycles. The van der Waals surface area contributed by atoms with E-state index in [1.807, 2.05) is 6.92 Å². The van der Waals surface area contributed by atoms with Gasteiger partial charge in [-0.05, 0) is 31.9 Å². The number of phenols is 1. The molecule has 1 aromatic rings. The lowest BCUT2D eigenvalue weighted by molar-refractivity contribution is 0.0705. The molecule has 0 unspecified atom stereocenters. The maximum Gasteiger partial charge on any atom is 0.315 e. The Balaban J connectivity index is 1.80. The number of carbonyl (C=O) groups excluding carboxylic acids is 2. The van der Waals surface area contributed by atoms with Crippen LogP contribution in [-0.2, 0) is 4.74 Å². The third-order valence-corrected chi connectivity index (χ3v) is 4.05. The van der Waals surface area contributed by atoms with Gasteiger partial charge in [-0.2, -0.15) is 0 Å². The van der Waals surface area contributed by atoms with Gasteiger partial charge in [-0.15, -0.1) is 0 Å². The molecule has 7 heteroatoms. The lowest BCUT2D eigenvalue weighted by Gasteiger charge is -2.32. The second-order valence-electron chi connectivity index (χ2n) is 6.06. The van der Waals surface area contributed by atoms with Crippen molar-refractivity contribution in [3.8, 4) is 5.75 Å². The second kappa shape index (κ2) is 8.54. The molecule has 0 radical (unpaired) electrons. The summed E-state index contributed by atoms with van der Waals surface area (Å²) in [6.07, 6.45) is 1.37. The molecule has 3 amide bonds. The van der Waals surface area contributed by atoms with Crippen molar-refractivity contribution < 1.29 is 19.4 Å². The Morgan fingerprint density at radius 2 is 2.00 bits per heavy atom. The standard InChI is InChI=1S/C17H25N3O4/c1-12(11-24-2)18-17(23)19-13-7-9-20(10-8-13)16(22)14-5-3-4-6-15(14)21/h3-6,12-13,21H,7-11H2,1-2H3,(H2,18,19,23)/t12-/m0/s1. The monoisotopic (exact) mass is 335 g/mol. The summed E-state index contributed by atoms with van der Waals surface area (Å²) in [6.45, 7) is 3.43. The van der Waals surface area contributed by atoms with Gasteiger partial charge in [0.15, 0.2) is 0 Å². The summed E-state index contributed by atoms with van der Waals surface area (Å²) < 4.78 is 4.98. The number of nitrogens with one attached hydrogen (secondary N) is 2. The molecule has 1 heterocycles. The molecule has 0 aliphatic carbocycles. The highest BCUT2D eigenvalue weighted by atomic mass is 16.5. The van der Waals surface area contributed by atoms with Crippen LogP contribution in [0.25, 0.3) is 0 Å². The Bertz CT molecular complexity index is 571. The molecule has 1 saturated heterocycles. The van der Waals surface area contributed by atoms with Crippen LogP contribution in [0.15, 0.2) is 24.3 Å². The van der Waals surface area contributed by atoms with E-state index in [-0.39, 0.29) is 29.8 Å². The maximum atomic E-state index is 12.4. The number of aromatic hydroxyl groups is 1. The Morgan fingerprint density at radius 1 is 1.33 bits per heavy atom. The number of methoxy groups -OCH3 is 1. The van der Waals surface area contributed by atoms with Crippen molar-refractivity contribution in [1.29, 1.82) is 0 Å². The summed E-state index contributed by atoms with van der Waals surface area (Å²) in [6, 6.07) is 6.30. The van der Waals surface area contributed by atoms with Crippen LogP contribution >= 0.6 is 0 Å².